The average molecular weight is 348 g/mol. The van der Waals surface area contributed by atoms with Crippen LogP contribution in [0.5, 0.6) is 0 Å². The Morgan fingerprint density at radius 3 is 0.962 bits per heavy atom. The van der Waals surface area contributed by atoms with Crippen LogP contribution in [0.15, 0.2) is 91.0 Å². The Labute approximate surface area is 155 Å². The van der Waals surface area contributed by atoms with Gasteiger partial charge in [0.25, 0.3) is 0 Å². The molecule has 0 spiro atoms. The van der Waals surface area contributed by atoms with E-state index in [2.05, 4.69) is 36.4 Å². The van der Waals surface area contributed by atoms with Gasteiger partial charge in [-0.05, 0) is 16.7 Å². The van der Waals surface area contributed by atoms with Gasteiger partial charge in [0, 0.05) is 21.3 Å². The van der Waals surface area contributed by atoms with Gasteiger partial charge in [-0.2, -0.15) is 0 Å². The van der Waals surface area contributed by atoms with Gasteiger partial charge in [-0.15, -0.1) is 0 Å². The summed E-state index contributed by atoms with van der Waals surface area (Å²) in [6, 6.07) is 30.5. The van der Waals surface area contributed by atoms with E-state index in [9.17, 15) is 0 Å². The maximum absolute atomic E-state index is 5.92. The zero-order chi connectivity index (χ0) is 18.5. The van der Waals surface area contributed by atoms with Crippen molar-refractivity contribution in [1.29, 1.82) is 0 Å². The zero-order valence-electron chi connectivity index (χ0n) is 15.4. The second kappa shape index (κ2) is 7.83. The van der Waals surface area contributed by atoms with Crippen molar-refractivity contribution in [3.05, 3.63) is 108 Å². The first kappa shape index (κ1) is 18.3. The standard InChI is InChI=1S/C23H24O3/c1-24-23(25-2,26-3)22(19-13-7-4-8-14-19,20-15-9-5-10-16-20)21-17-11-6-12-18-21/h4-18H,1-3H3. The molecule has 3 nitrogen and oxygen atoms in total. The lowest BCUT2D eigenvalue weighted by Gasteiger charge is -2.47. The van der Waals surface area contributed by atoms with E-state index in [1.54, 1.807) is 21.3 Å². The average Bonchev–Trinajstić information content (AvgIpc) is 2.74. The van der Waals surface area contributed by atoms with Crippen LogP contribution in [0, 0.1) is 0 Å². The van der Waals surface area contributed by atoms with Gasteiger partial charge in [0.15, 0.2) is 0 Å². The van der Waals surface area contributed by atoms with Crippen LogP contribution in [0.2, 0.25) is 0 Å². The Bertz CT molecular complexity index is 692. The minimum absolute atomic E-state index is 0.824. The molecule has 0 unspecified atom stereocenters. The SMILES string of the molecule is COC(OC)(OC)C(c1ccccc1)(c1ccccc1)c1ccccc1. The predicted octanol–water partition coefficient (Wildman–Crippen LogP) is 4.61. The summed E-state index contributed by atoms with van der Waals surface area (Å²) in [5, 5.41) is 0. The van der Waals surface area contributed by atoms with Crippen molar-refractivity contribution >= 4 is 0 Å². The summed E-state index contributed by atoms with van der Waals surface area (Å²) >= 11 is 0. The molecule has 3 heteroatoms. The number of benzene rings is 3. The Morgan fingerprint density at radius 1 is 0.462 bits per heavy atom. The van der Waals surface area contributed by atoms with Crippen LogP contribution < -0.4 is 0 Å². The fraction of sp³-hybridized carbons (Fsp3) is 0.217. The molecule has 0 aliphatic heterocycles. The minimum atomic E-state index is -1.35. The van der Waals surface area contributed by atoms with Crippen molar-refractivity contribution in [2.24, 2.45) is 0 Å². The molecule has 0 aromatic heterocycles. The molecular formula is C23H24O3. The number of hydrogen-bond acceptors (Lipinski definition) is 3. The van der Waals surface area contributed by atoms with Gasteiger partial charge in [0.1, 0.15) is 5.41 Å². The minimum Gasteiger partial charge on any atom is -0.330 e. The Balaban J connectivity index is 2.47. The summed E-state index contributed by atoms with van der Waals surface area (Å²) in [5.74, 6) is -1.35. The van der Waals surface area contributed by atoms with Gasteiger partial charge in [0.05, 0.1) is 0 Å². The van der Waals surface area contributed by atoms with Gasteiger partial charge in [0.2, 0.25) is 0 Å². The topological polar surface area (TPSA) is 27.7 Å². The number of methoxy groups -OCH3 is 3. The van der Waals surface area contributed by atoms with Gasteiger partial charge in [-0.25, -0.2) is 0 Å². The summed E-state index contributed by atoms with van der Waals surface area (Å²) in [6.45, 7) is 0. The molecule has 0 fully saturated rings. The van der Waals surface area contributed by atoms with E-state index in [4.69, 9.17) is 14.2 Å². The fourth-order valence-corrected chi connectivity index (χ4v) is 3.80. The van der Waals surface area contributed by atoms with Crippen molar-refractivity contribution in [2.45, 2.75) is 11.4 Å². The zero-order valence-corrected chi connectivity index (χ0v) is 15.4. The second-order valence-corrected chi connectivity index (χ2v) is 6.02. The second-order valence-electron chi connectivity index (χ2n) is 6.02. The molecule has 3 rings (SSSR count). The van der Waals surface area contributed by atoms with Crippen molar-refractivity contribution in [2.75, 3.05) is 21.3 Å². The highest BCUT2D eigenvalue weighted by atomic mass is 16.9. The van der Waals surface area contributed by atoms with E-state index >= 15 is 0 Å². The smallest absolute Gasteiger partial charge is 0.301 e. The maximum atomic E-state index is 5.92. The highest BCUT2D eigenvalue weighted by Crippen LogP contribution is 2.49. The Morgan fingerprint density at radius 2 is 0.731 bits per heavy atom. The molecule has 0 saturated heterocycles. The molecule has 26 heavy (non-hydrogen) atoms. The molecule has 134 valence electrons. The summed E-state index contributed by atoms with van der Waals surface area (Å²) < 4.78 is 17.8. The van der Waals surface area contributed by atoms with E-state index in [1.165, 1.54) is 0 Å². The van der Waals surface area contributed by atoms with Gasteiger partial charge in [-0.3, -0.25) is 0 Å². The third-order valence-electron chi connectivity index (χ3n) is 4.89. The molecule has 0 radical (unpaired) electrons. The van der Waals surface area contributed by atoms with Crippen LogP contribution in [-0.4, -0.2) is 27.3 Å². The highest BCUT2D eigenvalue weighted by molar-refractivity contribution is 5.52. The molecule has 0 atom stereocenters. The van der Waals surface area contributed by atoms with Crippen LogP contribution >= 0.6 is 0 Å². The fourth-order valence-electron chi connectivity index (χ4n) is 3.80. The molecule has 0 amide bonds. The first-order chi connectivity index (χ1) is 12.7. The predicted molar refractivity (Wildman–Crippen MR) is 103 cm³/mol. The molecule has 0 saturated carbocycles. The van der Waals surface area contributed by atoms with E-state index in [0.717, 1.165) is 16.7 Å². The lowest BCUT2D eigenvalue weighted by molar-refractivity contribution is -0.374. The van der Waals surface area contributed by atoms with E-state index < -0.39 is 11.4 Å². The van der Waals surface area contributed by atoms with Crippen LogP contribution in [0.25, 0.3) is 0 Å². The quantitative estimate of drug-likeness (QED) is 0.461. The number of hydrogen-bond donors (Lipinski definition) is 0. The molecule has 3 aromatic rings. The van der Waals surface area contributed by atoms with Crippen LogP contribution in [0.4, 0.5) is 0 Å². The summed E-state index contributed by atoms with van der Waals surface area (Å²) in [5.41, 5.74) is 2.23. The summed E-state index contributed by atoms with van der Waals surface area (Å²) in [4.78, 5) is 0. The Kier molecular flexibility index (Phi) is 5.52. The summed E-state index contributed by atoms with van der Waals surface area (Å²) in [6.07, 6.45) is 0. The Hall–Kier alpha value is -2.46. The monoisotopic (exact) mass is 348 g/mol. The van der Waals surface area contributed by atoms with E-state index in [1.807, 2.05) is 54.6 Å². The largest absolute Gasteiger partial charge is 0.330 e. The number of ether oxygens (including phenoxy) is 3. The lowest BCUT2D eigenvalue weighted by Crippen LogP contribution is -2.57. The van der Waals surface area contributed by atoms with Gasteiger partial charge >= 0.3 is 5.97 Å². The lowest BCUT2D eigenvalue weighted by atomic mass is 9.67. The normalized spacial score (nSPS) is 12.1. The first-order valence-corrected chi connectivity index (χ1v) is 8.57. The third-order valence-corrected chi connectivity index (χ3v) is 4.89. The van der Waals surface area contributed by atoms with Crippen LogP contribution in [-0.2, 0) is 19.6 Å². The summed E-state index contributed by atoms with van der Waals surface area (Å²) in [7, 11) is 4.82. The van der Waals surface area contributed by atoms with Crippen molar-refractivity contribution in [3.8, 4) is 0 Å². The molecule has 0 N–H and O–H groups in total. The van der Waals surface area contributed by atoms with Crippen LogP contribution in [0.1, 0.15) is 16.7 Å². The maximum Gasteiger partial charge on any atom is 0.301 e. The molecule has 0 aliphatic rings. The molecule has 0 aliphatic carbocycles. The van der Waals surface area contributed by atoms with Gasteiger partial charge in [-0.1, -0.05) is 91.0 Å². The van der Waals surface area contributed by atoms with Crippen LogP contribution in [0.3, 0.4) is 0 Å². The van der Waals surface area contributed by atoms with Crippen molar-refractivity contribution in [3.63, 3.8) is 0 Å². The molecule has 3 aromatic carbocycles. The van der Waals surface area contributed by atoms with E-state index in [0.29, 0.717) is 0 Å². The van der Waals surface area contributed by atoms with E-state index in [-0.39, 0.29) is 0 Å². The van der Waals surface area contributed by atoms with Gasteiger partial charge < -0.3 is 14.2 Å². The van der Waals surface area contributed by atoms with Crippen molar-refractivity contribution < 1.29 is 14.2 Å². The molecular weight excluding hydrogens is 324 g/mol. The first-order valence-electron chi connectivity index (χ1n) is 8.57. The van der Waals surface area contributed by atoms with Crippen molar-refractivity contribution in [1.82, 2.24) is 0 Å². The molecule has 0 bridgehead atoms. The molecule has 0 heterocycles. The highest BCUT2D eigenvalue weighted by Gasteiger charge is 2.57. The number of rotatable bonds is 7. The third kappa shape index (κ3) is 2.74.